The molecule has 1 saturated heterocycles. The Kier molecular flexibility index (Phi) is 6.71. The van der Waals surface area contributed by atoms with E-state index in [4.69, 9.17) is 9.47 Å². The summed E-state index contributed by atoms with van der Waals surface area (Å²) in [5, 5.41) is 3.05. The molecule has 1 heterocycles. The van der Waals surface area contributed by atoms with Crippen molar-refractivity contribution in [3.63, 3.8) is 0 Å². The molecule has 0 unspecified atom stereocenters. The van der Waals surface area contributed by atoms with E-state index in [1.54, 1.807) is 14.2 Å². The Labute approximate surface area is 161 Å². The minimum absolute atomic E-state index is 0.00167. The van der Waals surface area contributed by atoms with Crippen LogP contribution < -0.4 is 14.8 Å². The molecule has 5 nitrogen and oxygen atoms in total. The van der Waals surface area contributed by atoms with Crippen molar-refractivity contribution in [1.29, 1.82) is 0 Å². The SMILES string of the molecule is COc1ccc(CC(=O)NCc2ccccc2CN2CCCC2)cc1OC. The molecule has 0 atom stereocenters. The van der Waals surface area contributed by atoms with Gasteiger partial charge in [0.2, 0.25) is 5.91 Å². The van der Waals surface area contributed by atoms with Crippen molar-refractivity contribution in [1.82, 2.24) is 10.2 Å². The van der Waals surface area contributed by atoms with E-state index in [0.29, 0.717) is 24.5 Å². The lowest BCUT2D eigenvalue weighted by Gasteiger charge is -2.17. The molecule has 5 heteroatoms. The van der Waals surface area contributed by atoms with E-state index in [9.17, 15) is 4.79 Å². The Hall–Kier alpha value is -2.53. The van der Waals surface area contributed by atoms with E-state index in [-0.39, 0.29) is 5.91 Å². The molecule has 1 amide bonds. The van der Waals surface area contributed by atoms with Crippen LogP contribution in [-0.2, 0) is 24.3 Å². The molecule has 3 rings (SSSR count). The second-order valence-corrected chi connectivity index (χ2v) is 6.89. The lowest BCUT2D eigenvalue weighted by molar-refractivity contribution is -0.120. The number of amides is 1. The summed E-state index contributed by atoms with van der Waals surface area (Å²) in [7, 11) is 3.20. The quantitative estimate of drug-likeness (QED) is 0.778. The molecule has 144 valence electrons. The minimum Gasteiger partial charge on any atom is -0.493 e. The predicted octanol–water partition coefficient (Wildman–Crippen LogP) is 3.16. The van der Waals surface area contributed by atoms with Gasteiger partial charge in [-0.25, -0.2) is 0 Å². The molecule has 0 bridgehead atoms. The van der Waals surface area contributed by atoms with Gasteiger partial charge in [0.05, 0.1) is 20.6 Å². The second-order valence-electron chi connectivity index (χ2n) is 6.89. The molecule has 0 saturated carbocycles. The summed E-state index contributed by atoms with van der Waals surface area (Å²) in [6, 6.07) is 13.9. The van der Waals surface area contributed by atoms with Gasteiger partial charge in [-0.1, -0.05) is 30.3 Å². The molecule has 0 aromatic heterocycles. The molecule has 1 N–H and O–H groups in total. The zero-order valence-electron chi connectivity index (χ0n) is 16.2. The van der Waals surface area contributed by atoms with Crippen LogP contribution in [-0.4, -0.2) is 38.1 Å². The van der Waals surface area contributed by atoms with Gasteiger partial charge in [-0.2, -0.15) is 0 Å². The molecule has 0 radical (unpaired) electrons. The fourth-order valence-electron chi connectivity index (χ4n) is 3.50. The van der Waals surface area contributed by atoms with Gasteiger partial charge in [0.1, 0.15) is 0 Å². The zero-order chi connectivity index (χ0) is 19.1. The first-order chi connectivity index (χ1) is 13.2. The van der Waals surface area contributed by atoms with Gasteiger partial charge in [0.25, 0.3) is 0 Å². The zero-order valence-corrected chi connectivity index (χ0v) is 16.2. The number of hydrogen-bond acceptors (Lipinski definition) is 4. The van der Waals surface area contributed by atoms with Gasteiger partial charge in [0, 0.05) is 13.1 Å². The van der Waals surface area contributed by atoms with Gasteiger partial charge >= 0.3 is 0 Å². The second kappa shape index (κ2) is 9.42. The Morgan fingerprint density at radius 3 is 2.41 bits per heavy atom. The van der Waals surface area contributed by atoms with Gasteiger partial charge < -0.3 is 14.8 Å². The average molecular weight is 368 g/mol. The van der Waals surface area contributed by atoms with Gasteiger partial charge in [0.15, 0.2) is 11.5 Å². The molecule has 1 aliphatic rings. The first-order valence-electron chi connectivity index (χ1n) is 9.46. The van der Waals surface area contributed by atoms with Crippen LogP contribution in [0.4, 0.5) is 0 Å². The molecule has 1 aliphatic heterocycles. The predicted molar refractivity (Wildman–Crippen MR) is 106 cm³/mol. The summed E-state index contributed by atoms with van der Waals surface area (Å²) in [4.78, 5) is 14.9. The van der Waals surface area contributed by atoms with Crippen LogP contribution in [0.5, 0.6) is 11.5 Å². The number of carbonyl (C=O) groups is 1. The van der Waals surface area contributed by atoms with E-state index >= 15 is 0 Å². The van der Waals surface area contributed by atoms with Gasteiger partial charge in [-0.15, -0.1) is 0 Å². The van der Waals surface area contributed by atoms with Crippen LogP contribution in [0.3, 0.4) is 0 Å². The molecule has 2 aromatic rings. The normalized spacial score (nSPS) is 14.1. The van der Waals surface area contributed by atoms with Crippen molar-refractivity contribution in [3.05, 3.63) is 59.2 Å². The highest BCUT2D eigenvalue weighted by molar-refractivity contribution is 5.78. The van der Waals surface area contributed by atoms with Gasteiger partial charge in [-0.3, -0.25) is 9.69 Å². The molecule has 2 aromatic carbocycles. The Morgan fingerprint density at radius 1 is 1.00 bits per heavy atom. The largest absolute Gasteiger partial charge is 0.493 e. The standard InChI is InChI=1S/C22H28N2O3/c1-26-20-10-9-17(13-21(20)27-2)14-22(25)23-15-18-7-3-4-8-19(18)16-24-11-5-6-12-24/h3-4,7-10,13H,5-6,11-12,14-16H2,1-2H3,(H,23,25). The smallest absolute Gasteiger partial charge is 0.224 e. The average Bonchev–Trinajstić information content (AvgIpc) is 3.20. The van der Waals surface area contributed by atoms with Crippen molar-refractivity contribution in [2.75, 3.05) is 27.3 Å². The van der Waals surface area contributed by atoms with E-state index in [1.165, 1.54) is 37.1 Å². The maximum Gasteiger partial charge on any atom is 0.224 e. The third-order valence-corrected chi connectivity index (χ3v) is 5.00. The number of rotatable bonds is 8. The van der Waals surface area contributed by atoms with Gasteiger partial charge in [-0.05, 0) is 54.8 Å². The highest BCUT2D eigenvalue weighted by Gasteiger charge is 2.14. The molecular formula is C22H28N2O3. The number of nitrogens with one attached hydrogen (secondary N) is 1. The summed E-state index contributed by atoms with van der Waals surface area (Å²) < 4.78 is 10.5. The molecular weight excluding hydrogens is 340 g/mol. The van der Waals surface area contributed by atoms with Crippen molar-refractivity contribution < 1.29 is 14.3 Å². The van der Waals surface area contributed by atoms with Crippen LogP contribution in [0.15, 0.2) is 42.5 Å². The summed E-state index contributed by atoms with van der Waals surface area (Å²) in [6.45, 7) is 3.85. The fourth-order valence-corrected chi connectivity index (χ4v) is 3.50. The number of methoxy groups -OCH3 is 2. The van der Waals surface area contributed by atoms with Crippen LogP contribution in [0.2, 0.25) is 0 Å². The Morgan fingerprint density at radius 2 is 1.70 bits per heavy atom. The number of likely N-dealkylation sites (tertiary alicyclic amines) is 1. The van der Waals surface area contributed by atoms with E-state index in [0.717, 1.165) is 12.1 Å². The van der Waals surface area contributed by atoms with Crippen LogP contribution in [0.25, 0.3) is 0 Å². The summed E-state index contributed by atoms with van der Waals surface area (Å²) in [6.07, 6.45) is 2.88. The van der Waals surface area contributed by atoms with Crippen molar-refractivity contribution in [3.8, 4) is 11.5 Å². The number of nitrogens with zero attached hydrogens (tertiary/aromatic N) is 1. The number of benzene rings is 2. The first kappa shape index (κ1) is 19.2. The maximum absolute atomic E-state index is 12.4. The van der Waals surface area contributed by atoms with E-state index in [2.05, 4.69) is 28.4 Å². The number of ether oxygens (including phenoxy) is 2. The van der Waals surface area contributed by atoms with Crippen molar-refractivity contribution in [2.45, 2.75) is 32.4 Å². The van der Waals surface area contributed by atoms with Crippen LogP contribution in [0.1, 0.15) is 29.5 Å². The van der Waals surface area contributed by atoms with Crippen LogP contribution >= 0.6 is 0 Å². The summed E-state index contributed by atoms with van der Waals surface area (Å²) >= 11 is 0. The Balaban J connectivity index is 1.58. The van der Waals surface area contributed by atoms with Crippen molar-refractivity contribution >= 4 is 5.91 Å². The third-order valence-electron chi connectivity index (χ3n) is 5.00. The molecule has 1 fully saturated rings. The lowest BCUT2D eigenvalue weighted by atomic mass is 10.1. The molecule has 27 heavy (non-hydrogen) atoms. The van der Waals surface area contributed by atoms with Crippen molar-refractivity contribution in [2.24, 2.45) is 0 Å². The minimum atomic E-state index is -0.00167. The van der Waals surface area contributed by atoms with E-state index in [1.807, 2.05) is 24.3 Å². The monoisotopic (exact) mass is 368 g/mol. The molecule has 0 aliphatic carbocycles. The summed E-state index contributed by atoms with van der Waals surface area (Å²) in [5.41, 5.74) is 3.38. The fraction of sp³-hybridized carbons (Fsp3) is 0.409. The topological polar surface area (TPSA) is 50.8 Å². The molecule has 0 spiro atoms. The Bertz CT molecular complexity index is 770. The maximum atomic E-state index is 12.4. The first-order valence-corrected chi connectivity index (χ1v) is 9.46. The summed E-state index contributed by atoms with van der Waals surface area (Å²) in [5.74, 6) is 1.30. The number of carbonyl (C=O) groups excluding carboxylic acids is 1. The van der Waals surface area contributed by atoms with Crippen LogP contribution in [0, 0.1) is 0 Å². The number of hydrogen-bond donors (Lipinski definition) is 1. The third kappa shape index (κ3) is 5.23. The lowest BCUT2D eigenvalue weighted by Crippen LogP contribution is -2.26. The van der Waals surface area contributed by atoms with E-state index < -0.39 is 0 Å². The highest BCUT2D eigenvalue weighted by atomic mass is 16.5. The highest BCUT2D eigenvalue weighted by Crippen LogP contribution is 2.27.